The summed E-state index contributed by atoms with van der Waals surface area (Å²) in [5.74, 6) is -1.12. The van der Waals surface area contributed by atoms with Gasteiger partial charge >= 0.3 is 0 Å². The Labute approximate surface area is 183 Å². The zero-order valence-corrected chi connectivity index (χ0v) is 17.9. The summed E-state index contributed by atoms with van der Waals surface area (Å²) in [6, 6.07) is 13.3. The summed E-state index contributed by atoms with van der Waals surface area (Å²) in [7, 11) is 3.89. The van der Waals surface area contributed by atoms with E-state index in [4.69, 9.17) is 0 Å². The minimum absolute atomic E-state index is 0.0473. The third-order valence-electron chi connectivity index (χ3n) is 5.27. The van der Waals surface area contributed by atoms with Crippen molar-refractivity contribution in [2.45, 2.75) is 12.5 Å². The van der Waals surface area contributed by atoms with E-state index in [9.17, 15) is 18.8 Å². The van der Waals surface area contributed by atoms with E-state index in [-0.39, 0.29) is 30.1 Å². The number of halogens is 1. The largest absolute Gasteiger partial charge is 0.378 e. The third-order valence-corrected chi connectivity index (χ3v) is 6.13. The molecule has 0 radical (unpaired) electrons. The molecule has 31 heavy (non-hydrogen) atoms. The topological polar surface area (TPSA) is 73.3 Å². The number of nitrogens with zero attached hydrogens (tertiary/aromatic N) is 4. The van der Waals surface area contributed by atoms with E-state index >= 15 is 0 Å². The van der Waals surface area contributed by atoms with Crippen LogP contribution in [-0.4, -0.2) is 59.1 Å². The van der Waals surface area contributed by atoms with Crippen LogP contribution in [0.25, 0.3) is 0 Å². The first kappa shape index (κ1) is 21.0. The van der Waals surface area contributed by atoms with Crippen LogP contribution in [0.15, 0.2) is 53.6 Å². The zero-order chi connectivity index (χ0) is 22.1. The van der Waals surface area contributed by atoms with Crippen LogP contribution in [0.1, 0.15) is 23.6 Å². The predicted molar refractivity (Wildman–Crippen MR) is 117 cm³/mol. The molecular weight excluding hydrogens is 419 g/mol. The maximum Gasteiger partial charge on any atom is 0.289 e. The number of amides is 3. The van der Waals surface area contributed by atoms with Crippen molar-refractivity contribution in [3.8, 4) is 0 Å². The first-order chi connectivity index (χ1) is 14.8. The van der Waals surface area contributed by atoms with Crippen molar-refractivity contribution in [1.82, 2.24) is 9.91 Å². The molecule has 0 N–H and O–H groups in total. The van der Waals surface area contributed by atoms with Gasteiger partial charge in [0.1, 0.15) is 12.4 Å². The summed E-state index contributed by atoms with van der Waals surface area (Å²) in [6.45, 7) is -0.350. The Morgan fingerprint density at radius 3 is 2.39 bits per heavy atom. The number of carbonyl (C=O) groups is 3. The molecule has 2 aliphatic heterocycles. The quantitative estimate of drug-likeness (QED) is 0.714. The summed E-state index contributed by atoms with van der Waals surface area (Å²) in [5.41, 5.74) is 3.26. The number of rotatable bonds is 5. The average Bonchev–Trinajstić information content (AvgIpc) is 3.34. The highest BCUT2D eigenvalue weighted by Crippen LogP contribution is 2.34. The molecule has 0 aromatic heterocycles. The van der Waals surface area contributed by atoms with Gasteiger partial charge in [0.2, 0.25) is 5.91 Å². The highest BCUT2D eigenvalue weighted by molar-refractivity contribution is 8.14. The number of hydrogen-bond acceptors (Lipinski definition) is 6. The van der Waals surface area contributed by atoms with Crippen LogP contribution in [0.5, 0.6) is 0 Å². The lowest BCUT2D eigenvalue weighted by molar-refractivity contribution is -0.137. The van der Waals surface area contributed by atoms with Gasteiger partial charge in [-0.2, -0.15) is 5.10 Å². The van der Waals surface area contributed by atoms with E-state index in [1.807, 2.05) is 43.3 Å². The molecule has 1 unspecified atom stereocenters. The molecule has 7 nitrogen and oxygen atoms in total. The minimum atomic E-state index is -0.442. The standard InChI is InChI=1S/C22H21FN4O3S/c1-25(2)17-9-5-15(6-10-17)19-11-18(14-3-7-16(23)8-4-14)24-27(19)20(28)12-26-21(29)13-31-22(26)30/h3-10,19H,11-13H2,1-2H3. The second-order valence-corrected chi connectivity index (χ2v) is 8.46. The smallest absolute Gasteiger partial charge is 0.289 e. The molecule has 2 aliphatic rings. The first-order valence-corrected chi connectivity index (χ1v) is 10.7. The third kappa shape index (κ3) is 4.32. The molecule has 0 aliphatic carbocycles. The lowest BCUT2D eigenvalue weighted by Gasteiger charge is -2.24. The fourth-order valence-electron chi connectivity index (χ4n) is 3.55. The van der Waals surface area contributed by atoms with E-state index in [0.717, 1.165) is 33.5 Å². The lowest BCUT2D eigenvalue weighted by atomic mass is 9.98. The van der Waals surface area contributed by atoms with Crippen LogP contribution in [0.4, 0.5) is 14.9 Å². The van der Waals surface area contributed by atoms with Crippen molar-refractivity contribution < 1.29 is 18.8 Å². The molecular formula is C22H21FN4O3S. The number of thioether (sulfide) groups is 1. The Kier molecular flexibility index (Phi) is 5.77. The molecule has 4 rings (SSSR count). The van der Waals surface area contributed by atoms with E-state index in [1.54, 1.807) is 12.1 Å². The van der Waals surface area contributed by atoms with Crippen LogP contribution < -0.4 is 4.90 Å². The van der Waals surface area contributed by atoms with Gasteiger partial charge in [0.25, 0.3) is 11.1 Å². The van der Waals surface area contributed by atoms with E-state index in [1.165, 1.54) is 17.1 Å². The lowest BCUT2D eigenvalue weighted by Crippen LogP contribution is -2.40. The minimum Gasteiger partial charge on any atom is -0.378 e. The Morgan fingerprint density at radius 1 is 1.13 bits per heavy atom. The second kappa shape index (κ2) is 8.50. The van der Waals surface area contributed by atoms with Crippen molar-refractivity contribution in [3.05, 3.63) is 65.5 Å². The average molecular weight is 441 g/mol. The van der Waals surface area contributed by atoms with Crippen LogP contribution in [-0.2, 0) is 9.59 Å². The summed E-state index contributed by atoms with van der Waals surface area (Å²) in [5, 5.41) is 5.42. The van der Waals surface area contributed by atoms with Gasteiger partial charge in [0.05, 0.1) is 17.5 Å². The molecule has 2 aromatic carbocycles. The Morgan fingerprint density at radius 2 is 1.81 bits per heavy atom. The molecule has 1 fully saturated rings. The van der Waals surface area contributed by atoms with Crippen molar-refractivity contribution >= 4 is 40.2 Å². The second-order valence-electron chi connectivity index (χ2n) is 7.53. The van der Waals surface area contributed by atoms with Gasteiger partial charge in [-0.05, 0) is 35.4 Å². The van der Waals surface area contributed by atoms with E-state index in [0.29, 0.717) is 12.1 Å². The fourth-order valence-corrected chi connectivity index (χ4v) is 4.28. The maximum atomic E-state index is 13.3. The van der Waals surface area contributed by atoms with Gasteiger partial charge in [0.15, 0.2) is 0 Å². The Hall–Kier alpha value is -3.20. The molecule has 1 saturated heterocycles. The van der Waals surface area contributed by atoms with Gasteiger partial charge in [0, 0.05) is 26.2 Å². The number of anilines is 1. The van der Waals surface area contributed by atoms with Gasteiger partial charge in [-0.3, -0.25) is 19.3 Å². The molecule has 0 bridgehead atoms. The van der Waals surface area contributed by atoms with Crippen LogP contribution in [0.3, 0.4) is 0 Å². The van der Waals surface area contributed by atoms with Crippen LogP contribution >= 0.6 is 11.8 Å². The summed E-state index contributed by atoms with van der Waals surface area (Å²) in [4.78, 5) is 39.9. The Balaban J connectivity index is 1.63. The van der Waals surface area contributed by atoms with E-state index in [2.05, 4.69) is 5.10 Å². The molecule has 2 heterocycles. The molecule has 0 spiro atoms. The predicted octanol–water partition coefficient (Wildman–Crippen LogP) is 3.26. The van der Waals surface area contributed by atoms with Gasteiger partial charge in [-0.1, -0.05) is 36.0 Å². The fraction of sp³-hybridized carbons (Fsp3) is 0.273. The van der Waals surface area contributed by atoms with Gasteiger partial charge in [-0.15, -0.1) is 0 Å². The van der Waals surface area contributed by atoms with Gasteiger partial charge in [-0.25, -0.2) is 9.40 Å². The summed E-state index contributed by atoms with van der Waals surface area (Å²) >= 11 is 0.889. The van der Waals surface area contributed by atoms with Crippen LogP contribution in [0, 0.1) is 5.82 Å². The Bertz CT molecular complexity index is 1040. The molecule has 160 valence electrons. The number of carbonyl (C=O) groups excluding carboxylic acids is 3. The molecule has 2 aromatic rings. The maximum absolute atomic E-state index is 13.3. The molecule has 0 saturated carbocycles. The molecule has 3 amide bonds. The number of hydrazone groups is 1. The van der Waals surface area contributed by atoms with Crippen molar-refractivity contribution in [1.29, 1.82) is 0 Å². The van der Waals surface area contributed by atoms with Gasteiger partial charge < -0.3 is 4.90 Å². The highest BCUT2D eigenvalue weighted by Gasteiger charge is 2.37. The normalized spacial score (nSPS) is 18.5. The molecule has 1 atom stereocenters. The monoisotopic (exact) mass is 440 g/mol. The van der Waals surface area contributed by atoms with Crippen molar-refractivity contribution in [2.75, 3.05) is 31.3 Å². The number of imide groups is 1. The number of hydrogen-bond donors (Lipinski definition) is 0. The number of benzene rings is 2. The van der Waals surface area contributed by atoms with E-state index < -0.39 is 11.1 Å². The zero-order valence-electron chi connectivity index (χ0n) is 17.1. The summed E-state index contributed by atoms with van der Waals surface area (Å²) < 4.78 is 13.3. The van der Waals surface area contributed by atoms with Crippen molar-refractivity contribution in [2.24, 2.45) is 5.10 Å². The van der Waals surface area contributed by atoms with Crippen LogP contribution in [0.2, 0.25) is 0 Å². The van der Waals surface area contributed by atoms with Crippen molar-refractivity contribution in [3.63, 3.8) is 0 Å². The summed E-state index contributed by atoms with van der Waals surface area (Å²) in [6.07, 6.45) is 0.440. The first-order valence-electron chi connectivity index (χ1n) is 9.73. The SMILES string of the molecule is CN(C)c1ccc(C2CC(c3ccc(F)cc3)=NN2C(=O)CN2C(=O)CSC2=O)cc1. The highest BCUT2D eigenvalue weighted by atomic mass is 32.2. The molecule has 9 heteroatoms.